The Labute approximate surface area is 171 Å². The van der Waals surface area contributed by atoms with Gasteiger partial charge in [0.15, 0.2) is 16.7 Å². The van der Waals surface area contributed by atoms with Gasteiger partial charge in [-0.15, -0.1) is 0 Å². The Balaban J connectivity index is 1.78. The van der Waals surface area contributed by atoms with Crippen LogP contribution >= 0.6 is 35.0 Å². The van der Waals surface area contributed by atoms with Crippen LogP contribution in [0.5, 0.6) is 11.5 Å². The standard InChI is InChI=1S/C19H16Cl2N2O3S/c1-2-25-16-8-11(9-17-18(24)23-19(22)27-17)4-6-15(16)26-10-12-3-5-13(20)14(21)7-12/h3-9H,2,10H2,1H3,(H2,22,23,24)/b17-9+. The van der Waals surface area contributed by atoms with Crippen molar-refractivity contribution < 1.29 is 14.3 Å². The number of rotatable bonds is 6. The van der Waals surface area contributed by atoms with Gasteiger partial charge in [-0.3, -0.25) is 4.79 Å². The topological polar surface area (TPSA) is 73.9 Å². The lowest BCUT2D eigenvalue weighted by molar-refractivity contribution is -0.113. The number of aliphatic imine (C=N–C) groups is 1. The zero-order valence-electron chi connectivity index (χ0n) is 14.4. The monoisotopic (exact) mass is 422 g/mol. The highest BCUT2D eigenvalue weighted by molar-refractivity contribution is 8.18. The van der Waals surface area contributed by atoms with Crippen LogP contribution in [0.15, 0.2) is 46.3 Å². The van der Waals surface area contributed by atoms with Gasteiger partial charge in [-0.1, -0.05) is 35.3 Å². The van der Waals surface area contributed by atoms with Gasteiger partial charge in [0.25, 0.3) is 5.91 Å². The maximum atomic E-state index is 11.7. The molecule has 0 saturated heterocycles. The first kappa shape index (κ1) is 19.6. The molecule has 0 atom stereocenters. The maximum absolute atomic E-state index is 11.7. The summed E-state index contributed by atoms with van der Waals surface area (Å²) in [6.45, 7) is 2.68. The van der Waals surface area contributed by atoms with E-state index in [0.29, 0.717) is 39.7 Å². The Morgan fingerprint density at radius 2 is 1.93 bits per heavy atom. The lowest BCUT2D eigenvalue weighted by Crippen LogP contribution is -2.01. The van der Waals surface area contributed by atoms with E-state index in [1.54, 1.807) is 24.3 Å². The van der Waals surface area contributed by atoms with Crippen molar-refractivity contribution in [3.63, 3.8) is 0 Å². The Bertz CT molecular complexity index is 945. The van der Waals surface area contributed by atoms with Gasteiger partial charge < -0.3 is 15.2 Å². The molecule has 0 radical (unpaired) electrons. The summed E-state index contributed by atoms with van der Waals surface area (Å²) in [5.74, 6) is 0.831. The summed E-state index contributed by atoms with van der Waals surface area (Å²) < 4.78 is 11.5. The fraction of sp³-hybridized carbons (Fsp3) is 0.158. The molecule has 0 fully saturated rings. The van der Waals surface area contributed by atoms with Crippen molar-refractivity contribution in [3.8, 4) is 11.5 Å². The highest BCUT2D eigenvalue weighted by Gasteiger charge is 2.19. The van der Waals surface area contributed by atoms with Crippen LogP contribution in [0.1, 0.15) is 18.1 Å². The summed E-state index contributed by atoms with van der Waals surface area (Å²) in [6.07, 6.45) is 1.72. The molecule has 2 aromatic rings. The first-order valence-electron chi connectivity index (χ1n) is 8.08. The van der Waals surface area contributed by atoms with Crippen LogP contribution in [-0.4, -0.2) is 17.7 Å². The Kier molecular flexibility index (Phi) is 6.31. The van der Waals surface area contributed by atoms with Crippen LogP contribution in [0, 0.1) is 0 Å². The Morgan fingerprint density at radius 1 is 1.11 bits per heavy atom. The fourth-order valence-electron chi connectivity index (χ4n) is 2.37. The molecule has 27 heavy (non-hydrogen) atoms. The summed E-state index contributed by atoms with van der Waals surface area (Å²) in [6, 6.07) is 10.8. The molecule has 1 aliphatic heterocycles. The number of amides is 1. The van der Waals surface area contributed by atoms with Crippen molar-refractivity contribution in [2.24, 2.45) is 10.7 Å². The van der Waals surface area contributed by atoms with E-state index >= 15 is 0 Å². The highest BCUT2D eigenvalue weighted by atomic mass is 35.5. The number of thioether (sulfide) groups is 1. The third kappa shape index (κ3) is 4.97. The SMILES string of the molecule is CCOc1cc(/C=C2/SC(N)=NC2=O)ccc1OCc1ccc(Cl)c(Cl)c1. The fourth-order valence-corrected chi connectivity index (χ4v) is 3.37. The van der Waals surface area contributed by atoms with Gasteiger partial charge in [-0.25, -0.2) is 0 Å². The number of amidine groups is 1. The summed E-state index contributed by atoms with van der Waals surface area (Å²) >= 11 is 13.1. The molecule has 1 amide bonds. The molecule has 140 valence electrons. The molecule has 0 aromatic heterocycles. The van der Waals surface area contributed by atoms with E-state index in [-0.39, 0.29) is 11.1 Å². The predicted octanol–water partition coefficient (Wildman–Crippen LogP) is 4.90. The smallest absolute Gasteiger partial charge is 0.286 e. The molecule has 0 saturated carbocycles. The number of ether oxygens (including phenoxy) is 2. The normalized spacial score (nSPS) is 15.1. The number of carbonyl (C=O) groups excluding carboxylic acids is 1. The molecule has 0 unspecified atom stereocenters. The van der Waals surface area contributed by atoms with E-state index in [2.05, 4.69) is 4.99 Å². The quantitative estimate of drug-likeness (QED) is 0.669. The number of benzene rings is 2. The average Bonchev–Trinajstić information content (AvgIpc) is 2.94. The number of halogens is 2. The van der Waals surface area contributed by atoms with Crippen LogP contribution < -0.4 is 15.2 Å². The summed E-state index contributed by atoms with van der Waals surface area (Å²) in [5, 5.41) is 1.22. The van der Waals surface area contributed by atoms with E-state index in [4.69, 9.17) is 38.4 Å². The van der Waals surface area contributed by atoms with E-state index < -0.39 is 0 Å². The van der Waals surface area contributed by atoms with E-state index in [1.165, 1.54) is 0 Å². The number of nitrogens with two attached hydrogens (primary N) is 1. The van der Waals surface area contributed by atoms with Gasteiger partial charge in [0.05, 0.1) is 21.6 Å². The Morgan fingerprint density at radius 3 is 2.59 bits per heavy atom. The summed E-state index contributed by atoms with van der Waals surface area (Å²) in [7, 11) is 0. The van der Waals surface area contributed by atoms with Gasteiger partial charge in [-0.05, 0) is 60.2 Å². The molecular formula is C19H16Cl2N2O3S. The van der Waals surface area contributed by atoms with Crippen molar-refractivity contribution >= 4 is 52.1 Å². The van der Waals surface area contributed by atoms with Crippen LogP contribution in [0.2, 0.25) is 10.0 Å². The second-order valence-electron chi connectivity index (χ2n) is 5.54. The van der Waals surface area contributed by atoms with Crippen molar-refractivity contribution in [1.82, 2.24) is 0 Å². The van der Waals surface area contributed by atoms with Crippen molar-refractivity contribution in [2.75, 3.05) is 6.61 Å². The lowest BCUT2D eigenvalue weighted by Gasteiger charge is -2.13. The maximum Gasteiger partial charge on any atom is 0.286 e. The minimum absolute atomic E-state index is 0.248. The average molecular weight is 423 g/mol. The summed E-state index contributed by atoms with van der Waals surface area (Å²) in [4.78, 5) is 15.9. The van der Waals surface area contributed by atoms with Crippen molar-refractivity contribution in [1.29, 1.82) is 0 Å². The first-order chi connectivity index (χ1) is 13.0. The van der Waals surface area contributed by atoms with Crippen LogP contribution in [0.4, 0.5) is 0 Å². The van der Waals surface area contributed by atoms with Gasteiger partial charge in [-0.2, -0.15) is 4.99 Å². The van der Waals surface area contributed by atoms with E-state index in [9.17, 15) is 4.79 Å². The molecule has 1 heterocycles. The first-order valence-corrected chi connectivity index (χ1v) is 9.65. The largest absolute Gasteiger partial charge is 0.490 e. The number of hydrogen-bond donors (Lipinski definition) is 1. The Hall–Kier alpha value is -2.15. The molecular weight excluding hydrogens is 407 g/mol. The molecule has 0 spiro atoms. The second kappa shape index (κ2) is 8.69. The molecule has 1 aliphatic rings. The predicted molar refractivity (Wildman–Crippen MR) is 111 cm³/mol. The molecule has 2 N–H and O–H groups in total. The second-order valence-corrected chi connectivity index (χ2v) is 7.42. The molecule has 0 aliphatic carbocycles. The van der Waals surface area contributed by atoms with Gasteiger partial charge in [0.2, 0.25) is 0 Å². The van der Waals surface area contributed by atoms with Crippen LogP contribution in [-0.2, 0) is 11.4 Å². The lowest BCUT2D eigenvalue weighted by atomic mass is 10.2. The van der Waals surface area contributed by atoms with Crippen molar-refractivity contribution in [3.05, 3.63) is 62.5 Å². The van der Waals surface area contributed by atoms with Gasteiger partial charge in [0, 0.05) is 0 Å². The number of nitrogens with zero attached hydrogens (tertiary/aromatic N) is 1. The zero-order chi connectivity index (χ0) is 19.4. The van der Waals surface area contributed by atoms with Crippen LogP contribution in [0.3, 0.4) is 0 Å². The van der Waals surface area contributed by atoms with Crippen LogP contribution in [0.25, 0.3) is 6.08 Å². The van der Waals surface area contributed by atoms with Gasteiger partial charge >= 0.3 is 0 Å². The minimum Gasteiger partial charge on any atom is -0.490 e. The number of hydrogen-bond acceptors (Lipinski definition) is 5. The third-order valence-electron chi connectivity index (χ3n) is 3.58. The third-order valence-corrected chi connectivity index (χ3v) is 5.13. The number of carbonyl (C=O) groups is 1. The van der Waals surface area contributed by atoms with E-state index in [0.717, 1.165) is 22.9 Å². The molecule has 2 aromatic carbocycles. The zero-order valence-corrected chi connectivity index (χ0v) is 16.7. The molecule has 3 rings (SSSR count). The van der Waals surface area contributed by atoms with E-state index in [1.807, 2.05) is 25.1 Å². The highest BCUT2D eigenvalue weighted by Crippen LogP contribution is 2.33. The molecule has 5 nitrogen and oxygen atoms in total. The van der Waals surface area contributed by atoms with Gasteiger partial charge in [0.1, 0.15) is 6.61 Å². The molecule has 0 bridgehead atoms. The summed E-state index contributed by atoms with van der Waals surface area (Å²) in [5.41, 5.74) is 7.25. The van der Waals surface area contributed by atoms with Crippen molar-refractivity contribution in [2.45, 2.75) is 13.5 Å². The molecule has 8 heteroatoms. The minimum atomic E-state index is -0.338.